The molecule has 0 amide bonds. The zero-order valence-electron chi connectivity index (χ0n) is 10.9. The molecule has 0 N–H and O–H groups in total. The Morgan fingerprint density at radius 3 is 2.83 bits per heavy atom. The number of methoxy groups -OCH3 is 1. The lowest BCUT2D eigenvalue weighted by Crippen LogP contribution is -2.45. The summed E-state index contributed by atoms with van der Waals surface area (Å²) in [6.07, 6.45) is 2.31. The summed E-state index contributed by atoms with van der Waals surface area (Å²) in [6, 6.07) is 0.646. The fraction of sp³-hybridized carbons (Fsp3) is 0.727. The summed E-state index contributed by atoms with van der Waals surface area (Å²) in [7, 11) is 5.62. The van der Waals surface area contributed by atoms with Crippen LogP contribution in [0.15, 0.2) is 0 Å². The molecule has 0 aliphatic carbocycles. The molecule has 1 aliphatic rings. The van der Waals surface area contributed by atoms with Gasteiger partial charge in [-0.25, -0.2) is 0 Å². The van der Waals surface area contributed by atoms with Crippen LogP contribution in [-0.4, -0.2) is 60.2 Å². The second-order valence-electron chi connectivity index (χ2n) is 4.56. The number of likely N-dealkylation sites (N-methyl/N-ethyl adjacent to an activating group) is 2. The third-order valence-corrected chi connectivity index (χ3v) is 3.39. The Kier molecular flexibility index (Phi) is 4.19. The van der Waals surface area contributed by atoms with E-state index in [4.69, 9.17) is 16.3 Å². The maximum absolute atomic E-state index is 5.86. The summed E-state index contributed by atoms with van der Waals surface area (Å²) < 4.78 is 5.01. The fourth-order valence-corrected chi connectivity index (χ4v) is 2.34. The van der Waals surface area contributed by atoms with Gasteiger partial charge in [-0.05, 0) is 38.0 Å². The number of hydrogen-bond acceptors (Lipinski definition) is 6. The minimum Gasteiger partial charge on any atom is -0.467 e. The van der Waals surface area contributed by atoms with Crippen LogP contribution in [0, 0.1) is 0 Å². The first-order valence-corrected chi connectivity index (χ1v) is 6.35. The Morgan fingerprint density at radius 1 is 1.39 bits per heavy atom. The van der Waals surface area contributed by atoms with Gasteiger partial charge in [-0.15, -0.1) is 0 Å². The summed E-state index contributed by atoms with van der Waals surface area (Å²) in [5.74, 6) is 0.562. The number of aromatic nitrogens is 3. The molecule has 0 radical (unpaired) electrons. The first kappa shape index (κ1) is 13.3. The van der Waals surface area contributed by atoms with Gasteiger partial charge < -0.3 is 14.5 Å². The number of halogens is 1. The lowest BCUT2D eigenvalue weighted by molar-refractivity contribution is 0.246. The van der Waals surface area contributed by atoms with Crippen molar-refractivity contribution < 1.29 is 4.74 Å². The summed E-state index contributed by atoms with van der Waals surface area (Å²) >= 11 is 5.86. The maximum Gasteiger partial charge on any atom is 0.322 e. The number of ether oxygens (including phenoxy) is 1. The first-order valence-electron chi connectivity index (χ1n) is 5.97. The van der Waals surface area contributed by atoms with Gasteiger partial charge in [0.2, 0.25) is 11.2 Å². The van der Waals surface area contributed by atoms with Gasteiger partial charge in [0, 0.05) is 19.6 Å². The Morgan fingerprint density at radius 2 is 2.17 bits per heavy atom. The first-order chi connectivity index (χ1) is 8.60. The average Bonchev–Trinajstić information content (AvgIpc) is 2.37. The normalized spacial score (nSPS) is 20.8. The van der Waals surface area contributed by atoms with Gasteiger partial charge in [0.1, 0.15) is 0 Å². The molecular formula is C11H18ClN5O. The van der Waals surface area contributed by atoms with E-state index in [-0.39, 0.29) is 11.3 Å². The summed E-state index contributed by atoms with van der Waals surface area (Å²) in [6.45, 7) is 2.15. The smallest absolute Gasteiger partial charge is 0.322 e. The predicted octanol–water partition coefficient (Wildman–Crippen LogP) is 1.06. The van der Waals surface area contributed by atoms with Gasteiger partial charge in [0.25, 0.3) is 0 Å². The summed E-state index contributed by atoms with van der Waals surface area (Å²) in [5, 5.41) is 0.160. The quantitative estimate of drug-likeness (QED) is 0.820. The highest BCUT2D eigenvalue weighted by Gasteiger charge is 2.23. The summed E-state index contributed by atoms with van der Waals surface area (Å²) in [5.41, 5.74) is 0. The van der Waals surface area contributed by atoms with Crippen molar-refractivity contribution in [1.29, 1.82) is 0 Å². The predicted molar refractivity (Wildman–Crippen MR) is 70.3 cm³/mol. The van der Waals surface area contributed by atoms with E-state index < -0.39 is 0 Å². The Labute approximate surface area is 112 Å². The number of nitrogens with zero attached hydrogens (tertiary/aromatic N) is 5. The molecule has 100 valence electrons. The van der Waals surface area contributed by atoms with E-state index in [1.165, 1.54) is 13.5 Å². The average molecular weight is 272 g/mol. The van der Waals surface area contributed by atoms with Crippen LogP contribution in [0.25, 0.3) is 0 Å². The minimum atomic E-state index is 0.160. The van der Waals surface area contributed by atoms with Crippen molar-refractivity contribution in [1.82, 2.24) is 19.9 Å². The van der Waals surface area contributed by atoms with Crippen LogP contribution in [0.1, 0.15) is 12.8 Å². The van der Waals surface area contributed by atoms with Crippen molar-refractivity contribution in [2.24, 2.45) is 0 Å². The van der Waals surface area contributed by atoms with E-state index in [1.807, 2.05) is 11.9 Å². The molecular weight excluding hydrogens is 254 g/mol. The summed E-state index contributed by atoms with van der Waals surface area (Å²) in [4.78, 5) is 16.6. The van der Waals surface area contributed by atoms with Gasteiger partial charge in [0.15, 0.2) is 0 Å². The van der Waals surface area contributed by atoms with Crippen molar-refractivity contribution in [2.75, 3.05) is 39.2 Å². The molecule has 0 bridgehead atoms. The van der Waals surface area contributed by atoms with Crippen LogP contribution >= 0.6 is 11.6 Å². The van der Waals surface area contributed by atoms with Crippen LogP contribution in [0.5, 0.6) is 6.01 Å². The lowest BCUT2D eigenvalue weighted by Gasteiger charge is -2.35. The molecule has 6 nitrogen and oxygen atoms in total. The van der Waals surface area contributed by atoms with Crippen molar-refractivity contribution in [3.63, 3.8) is 0 Å². The van der Waals surface area contributed by atoms with Gasteiger partial charge in [0.05, 0.1) is 7.11 Å². The standard InChI is InChI=1S/C11H18ClN5O/c1-16-6-4-5-8(7-16)17(2)10-13-9(12)14-11(15-10)18-3/h8H,4-7H2,1-3H3. The van der Waals surface area contributed by atoms with Crippen molar-refractivity contribution in [3.05, 3.63) is 5.28 Å². The Hall–Kier alpha value is -1.14. The third-order valence-electron chi connectivity index (χ3n) is 3.22. The van der Waals surface area contributed by atoms with Crippen LogP contribution in [0.3, 0.4) is 0 Å². The molecule has 2 heterocycles. The molecule has 18 heavy (non-hydrogen) atoms. The number of anilines is 1. The number of piperidine rings is 1. The molecule has 0 spiro atoms. The monoisotopic (exact) mass is 271 g/mol. The number of hydrogen-bond donors (Lipinski definition) is 0. The van der Waals surface area contributed by atoms with E-state index >= 15 is 0 Å². The van der Waals surface area contributed by atoms with Crippen LogP contribution in [-0.2, 0) is 0 Å². The van der Waals surface area contributed by atoms with Crippen LogP contribution in [0.2, 0.25) is 5.28 Å². The van der Waals surface area contributed by atoms with Crippen LogP contribution < -0.4 is 9.64 Å². The SMILES string of the molecule is COc1nc(Cl)nc(N(C)C2CCCN(C)C2)n1. The molecule has 1 aromatic rings. The van der Waals surface area contributed by atoms with Gasteiger partial charge in [-0.1, -0.05) is 0 Å². The van der Waals surface area contributed by atoms with Crippen LogP contribution in [0.4, 0.5) is 5.95 Å². The number of likely N-dealkylation sites (tertiary alicyclic amines) is 1. The van der Waals surface area contributed by atoms with Gasteiger partial charge in [-0.3, -0.25) is 0 Å². The molecule has 1 fully saturated rings. The third kappa shape index (κ3) is 3.00. The highest BCUT2D eigenvalue weighted by atomic mass is 35.5. The fourth-order valence-electron chi connectivity index (χ4n) is 2.19. The minimum absolute atomic E-state index is 0.160. The molecule has 0 saturated carbocycles. The van der Waals surface area contributed by atoms with Crippen molar-refractivity contribution in [2.45, 2.75) is 18.9 Å². The maximum atomic E-state index is 5.86. The molecule has 1 unspecified atom stereocenters. The number of rotatable bonds is 3. The second kappa shape index (κ2) is 5.67. The van der Waals surface area contributed by atoms with E-state index in [9.17, 15) is 0 Å². The largest absolute Gasteiger partial charge is 0.467 e. The second-order valence-corrected chi connectivity index (χ2v) is 4.90. The van der Waals surface area contributed by atoms with Gasteiger partial charge in [-0.2, -0.15) is 15.0 Å². The molecule has 1 atom stereocenters. The Balaban J connectivity index is 2.16. The van der Waals surface area contributed by atoms with Crippen molar-refractivity contribution in [3.8, 4) is 6.01 Å². The lowest BCUT2D eigenvalue weighted by atomic mass is 10.1. The zero-order valence-corrected chi connectivity index (χ0v) is 11.7. The Bertz CT molecular complexity index is 416. The topological polar surface area (TPSA) is 54.4 Å². The molecule has 1 aromatic heterocycles. The molecule has 1 saturated heterocycles. The van der Waals surface area contributed by atoms with E-state index in [1.54, 1.807) is 0 Å². The molecule has 0 aromatic carbocycles. The highest BCUT2D eigenvalue weighted by Crippen LogP contribution is 2.20. The molecule has 7 heteroatoms. The van der Waals surface area contributed by atoms with E-state index in [2.05, 4.69) is 26.9 Å². The van der Waals surface area contributed by atoms with E-state index in [0.717, 1.165) is 19.5 Å². The highest BCUT2D eigenvalue weighted by molar-refractivity contribution is 6.28. The van der Waals surface area contributed by atoms with E-state index in [0.29, 0.717) is 12.0 Å². The van der Waals surface area contributed by atoms with Gasteiger partial charge >= 0.3 is 6.01 Å². The zero-order chi connectivity index (χ0) is 13.1. The van der Waals surface area contributed by atoms with Crippen molar-refractivity contribution >= 4 is 17.5 Å². The molecule has 1 aliphatic heterocycles. The molecule has 2 rings (SSSR count).